The van der Waals surface area contributed by atoms with E-state index < -0.39 is 5.97 Å². The van der Waals surface area contributed by atoms with Crippen molar-refractivity contribution in [3.63, 3.8) is 0 Å². The molecule has 0 atom stereocenters. The molecule has 0 rings (SSSR count). The van der Waals surface area contributed by atoms with E-state index in [1.54, 1.807) is 25.1 Å². The molecule has 0 heterocycles. The van der Waals surface area contributed by atoms with Crippen LogP contribution in [-0.4, -0.2) is 12.6 Å². The van der Waals surface area contributed by atoms with Crippen LogP contribution in [0.15, 0.2) is 23.3 Å². The van der Waals surface area contributed by atoms with Gasteiger partial charge in [-0.3, -0.25) is 0 Å². The molecule has 0 aliphatic carbocycles. The number of carbonyl (C=O) groups excluding carboxylic acids is 1. The van der Waals surface area contributed by atoms with Gasteiger partial charge in [0.2, 0.25) is 0 Å². The molecule has 0 amide bonds. The van der Waals surface area contributed by atoms with Gasteiger partial charge in [-0.15, -0.1) is 0 Å². The van der Waals surface area contributed by atoms with Gasteiger partial charge in [-0.25, -0.2) is 4.79 Å². The van der Waals surface area contributed by atoms with Crippen LogP contribution in [0.4, 0.5) is 0 Å². The van der Waals surface area contributed by atoms with Crippen LogP contribution < -0.4 is 0 Å². The first-order chi connectivity index (χ1) is 7.19. The maximum Gasteiger partial charge on any atom is 0.348 e. The van der Waals surface area contributed by atoms with Gasteiger partial charge < -0.3 is 4.74 Å². The maximum absolute atomic E-state index is 11.1. The first-order valence-corrected chi connectivity index (χ1v) is 3.99. The molecule has 5 heteroatoms. The van der Waals surface area contributed by atoms with Crippen LogP contribution in [0, 0.1) is 34.0 Å². The van der Waals surface area contributed by atoms with Gasteiger partial charge in [0, 0.05) is 0 Å². The first kappa shape index (κ1) is 12.4. The molecular weight excluding hydrogens is 194 g/mol. The third-order valence-electron chi connectivity index (χ3n) is 1.27. The van der Waals surface area contributed by atoms with Gasteiger partial charge in [0.15, 0.2) is 0 Å². The second-order valence-corrected chi connectivity index (χ2v) is 2.22. The van der Waals surface area contributed by atoms with Gasteiger partial charge in [-0.05, 0) is 19.1 Å². The highest BCUT2D eigenvalue weighted by Gasteiger charge is 2.07. The molecule has 0 fully saturated rings. The summed E-state index contributed by atoms with van der Waals surface area (Å²) in [5.74, 6) is -0.772. The molecule has 0 aromatic rings. The lowest BCUT2D eigenvalue weighted by Gasteiger charge is -1.97. The van der Waals surface area contributed by atoms with Crippen LogP contribution in [0.3, 0.4) is 0 Å². The predicted octanol–water partition coefficient (Wildman–Crippen LogP) is 0.973. The lowest BCUT2D eigenvalue weighted by molar-refractivity contribution is -0.138. The molecule has 74 valence electrons. The van der Waals surface area contributed by atoms with Crippen LogP contribution in [0.5, 0.6) is 0 Å². The molecule has 0 aromatic carbocycles. The Morgan fingerprint density at radius 3 is 2.20 bits per heavy atom. The van der Waals surface area contributed by atoms with Gasteiger partial charge in [0.25, 0.3) is 0 Å². The van der Waals surface area contributed by atoms with E-state index in [0.717, 1.165) is 12.2 Å². The molecule has 0 radical (unpaired) electrons. The second kappa shape index (κ2) is 6.88. The normalized spacial score (nSPS) is 9.07. The van der Waals surface area contributed by atoms with Crippen LogP contribution in [0.1, 0.15) is 6.92 Å². The number of nitrogens with zero attached hydrogens (tertiary/aromatic N) is 3. The molecule has 0 N–H and O–H groups in total. The van der Waals surface area contributed by atoms with Crippen molar-refractivity contribution < 1.29 is 9.53 Å². The van der Waals surface area contributed by atoms with Gasteiger partial charge >= 0.3 is 5.97 Å². The Hall–Kier alpha value is -2.58. The van der Waals surface area contributed by atoms with Crippen LogP contribution >= 0.6 is 0 Å². The van der Waals surface area contributed by atoms with Crippen LogP contribution in [-0.2, 0) is 9.53 Å². The average molecular weight is 201 g/mol. The predicted molar refractivity (Wildman–Crippen MR) is 49.6 cm³/mol. The third kappa shape index (κ3) is 4.26. The number of nitriles is 3. The fraction of sp³-hybridized carbons (Fsp3) is 0.200. The van der Waals surface area contributed by atoms with Crippen molar-refractivity contribution in [2.24, 2.45) is 0 Å². The minimum atomic E-state index is -0.772. The number of allylic oxidation sites excluding steroid dienone is 3. The highest BCUT2D eigenvalue weighted by Crippen LogP contribution is 1.99. The summed E-state index contributed by atoms with van der Waals surface area (Å²) >= 11 is 0. The number of carbonyl (C=O) groups is 1. The molecule has 15 heavy (non-hydrogen) atoms. The summed E-state index contributed by atoms with van der Waals surface area (Å²) in [6, 6.07) is 4.81. The summed E-state index contributed by atoms with van der Waals surface area (Å²) in [6.07, 6.45) is 2.18. The summed E-state index contributed by atoms with van der Waals surface area (Å²) in [5.41, 5.74) is -0.438. The largest absolute Gasteiger partial charge is 0.462 e. The van der Waals surface area contributed by atoms with Gasteiger partial charge in [-0.1, -0.05) is 0 Å². The maximum atomic E-state index is 11.1. The smallest absolute Gasteiger partial charge is 0.348 e. The Kier molecular flexibility index (Phi) is 5.70. The number of ether oxygens (including phenoxy) is 1. The molecular formula is C10H7N3O2. The highest BCUT2D eigenvalue weighted by atomic mass is 16.5. The quantitative estimate of drug-likeness (QED) is 0.293. The Morgan fingerprint density at radius 1 is 1.20 bits per heavy atom. The molecule has 0 aliphatic heterocycles. The molecule has 0 saturated carbocycles. The number of hydrogen-bond acceptors (Lipinski definition) is 5. The monoisotopic (exact) mass is 201 g/mol. The standard InChI is InChI=1S/C10H7N3O2/c1-2-15-10(14)9(7-13)4-3-8(5-11)6-12/h3-4H,2H2,1H3. The fourth-order valence-corrected chi connectivity index (χ4v) is 0.626. The molecule has 0 aromatic heterocycles. The van der Waals surface area contributed by atoms with Crippen molar-refractivity contribution in [2.75, 3.05) is 6.61 Å². The van der Waals surface area contributed by atoms with E-state index in [4.69, 9.17) is 15.8 Å². The van der Waals surface area contributed by atoms with Crippen molar-refractivity contribution in [2.45, 2.75) is 6.92 Å². The third-order valence-corrected chi connectivity index (χ3v) is 1.27. The SMILES string of the molecule is CCOC(=O)C(C#N)=CC=C(C#N)C#N. The van der Waals surface area contributed by atoms with E-state index in [1.807, 2.05) is 0 Å². The lowest BCUT2D eigenvalue weighted by atomic mass is 10.2. The van der Waals surface area contributed by atoms with Gasteiger partial charge in [0.05, 0.1) is 6.61 Å². The molecule has 0 aliphatic rings. The van der Waals surface area contributed by atoms with Crippen LogP contribution in [0.25, 0.3) is 0 Å². The summed E-state index contributed by atoms with van der Waals surface area (Å²) in [5, 5.41) is 25.3. The molecule has 0 spiro atoms. The number of rotatable bonds is 3. The van der Waals surface area contributed by atoms with E-state index in [9.17, 15) is 4.79 Å². The minimum absolute atomic E-state index is 0.158. The Bertz CT molecular complexity index is 411. The molecule has 0 bridgehead atoms. The zero-order valence-electron chi connectivity index (χ0n) is 8.02. The van der Waals surface area contributed by atoms with Crippen molar-refractivity contribution in [3.05, 3.63) is 23.3 Å². The summed E-state index contributed by atoms with van der Waals surface area (Å²) in [7, 11) is 0. The zero-order chi connectivity index (χ0) is 11.7. The van der Waals surface area contributed by atoms with Gasteiger partial charge in [0.1, 0.15) is 29.4 Å². The Labute approximate surface area is 87.1 Å². The topological polar surface area (TPSA) is 97.7 Å². The Morgan fingerprint density at radius 2 is 1.80 bits per heavy atom. The Balaban J connectivity index is 4.88. The van der Waals surface area contributed by atoms with Gasteiger partial charge in [-0.2, -0.15) is 15.8 Å². The fourth-order valence-electron chi connectivity index (χ4n) is 0.626. The number of hydrogen-bond donors (Lipinski definition) is 0. The second-order valence-electron chi connectivity index (χ2n) is 2.22. The lowest BCUT2D eigenvalue weighted by Crippen LogP contribution is -2.05. The molecule has 0 unspecified atom stereocenters. The molecule has 0 saturated heterocycles. The van der Waals surface area contributed by atoms with Crippen molar-refractivity contribution in [1.29, 1.82) is 15.8 Å². The van der Waals surface area contributed by atoms with Crippen molar-refractivity contribution >= 4 is 5.97 Å². The minimum Gasteiger partial charge on any atom is -0.462 e. The summed E-state index contributed by atoms with van der Waals surface area (Å²) < 4.78 is 4.57. The summed E-state index contributed by atoms with van der Waals surface area (Å²) in [4.78, 5) is 11.1. The average Bonchev–Trinajstić information content (AvgIpc) is 2.25. The van der Waals surface area contributed by atoms with E-state index in [0.29, 0.717) is 0 Å². The highest BCUT2D eigenvalue weighted by molar-refractivity contribution is 5.93. The molecule has 5 nitrogen and oxygen atoms in total. The van der Waals surface area contributed by atoms with E-state index in [1.165, 1.54) is 0 Å². The van der Waals surface area contributed by atoms with E-state index >= 15 is 0 Å². The van der Waals surface area contributed by atoms with Crippen LogP contribution in [0.2, 0.25) is 0 Å². The first-order valence-electron chi connectivity index (χ1n) is 3.99. The zero-order valence-corrected chi connectivity index (χ0v) is 8.02. The number of esters is 1. The van der Waals surface area contributed by atoms with E-state index in [2.05, 4.69) is 4.74 Å². The van der Waals surface area contributed by atoms with E-state index in [-0.39, 0.29) is 17.8 Å². The van der Waals surface area contributed by atoms with Crippen molar-refractivity contribution in [1.82, 2.24) is 0 Å². The summed E-state index contributed by atoms with van der Waals surface area (Å²) in [6.45, 7) is 1.77. The van der Waals surface area contributed by atoms with Crippen molar-refractivity contribution in [3.8, 4) is 18.2 Å².